The predicted molar refractivity (Wildman–Crippen MR) is 123 cm³/mol. The van der Waals surface area contributed by atoms with Gasteiger partial charge in [0.05, 0.1) is 31.8 Å². The third-order valence-electron chi connectivity index (χ3n) is 5.94. The Bertz CT molecular complexity index is 1160. The van der Waals surface area contributed by atoms with Gasteiger partial charge in [0.2, 0.25) is 5.88 Å². The fraction of sp³-hybridized carbons (Fsp3) is 0.391. The van der Waals surface area contributed by atoms with Crippen LogP contribution in [-0.4, -0.2) is 49.4 Å². The summed E-state index contributed by atoms with van der Waals surface area (Å²) in [4.78, 5) is 16.0. The number of fused-ring (bicyclic) bond motifs is 1. The first-order valence-electron chi connectivity index (χ1n) is 10.4. The molecule has 0 amide bonds. The van der Waals surface area contributed by atoms with E-state index in [0.29, 0.717) is 42.4 Å². The summed E-state index contributed by atoms with van der Waals surface area (Å²) in [6, 6.07) is 9.45. The molecule has 2 aliphatic rings. The molecule has 8 nitrogen and oxygen atoms in total. The highest BCUT2D eigenvalue weighted by Gasteiger charge is 2.36. The first kappa shape index (κ1) is 22.4. The van der Waals surface area contributed by atoms with Crippen LogP contribution in [0, 0.1) is 18.3 Å². The van der Waals surface area contributed by atoms with Crippen molar-refractivity contribution in [2.75, 3.05) is 40.0 Å². The minimum absolute atomic E-state index is 0.00287. The van der Waals surface area contributed by atoms with Gasteiger partial charge in [0.15, 0.2) is 0 Å². The van der Waals surface area contributed by atoms with Gasteiger partial charge in [0.25, 0.3) is 5.56 Å². The van der Waals surface area contributed by atoms with Crippen LogP contribution in [0.1, 0.15) is 22.7 Å². The summed E-state index contributed by atoms with van der Waals surface area (Å²) in [5.74, 6) is 0.237. The van der Waals surface area contributed by atoms with Gasteiger partial charge in [-0.3, -0.25) is 9.69 Å². The smallest absolute Gasteiger partial charge is 0.258 e. The second-order valence-electron chi connectivity index (χ2n) is 7.79. The molecule has 1 fully saturated rings. The molecule has 1 aromatic carbocycles. The molecule has 0 radical (unpaired) electrons. The number of ether oxygens (including phenoxy) is 3. The van der Waals surface area contributed by atoms with Gasteiger partial charge in [0.1, 0.15) is 23.1 Å². The van der Waals surface area contributed by atoms with Crippen LogP contribution >= 0.6 is 15.9 Å². The summed E-state index contributed by atoms with van der Waals surface area (Å²) in [5.41, 5.74) is 7.94. The van der Waals surface area contributed by atoms with Gasteiger partial charge in [0, 0.05) is 48.0 Å². The number of aromatic nitrogens is 1. The molecule has 0 aliphatic carbocycles. The predicted octanol–water partition coefficient (Wildman–Crippen LogP) is 2.48. The quantitative estimate of drug-likeness (QED) is 0.672. The molecule has 0 unspecified atom stereocenters. The number of morpholine rings is 1. The van der Waals surface area contributed by atoms with Crippen LogP contribution in [0.25, 0.3) is 0 Å². The summed E-state index contributed by atoms with van der Waals surface area (Å²) in [7, 11) is 1.56. The SMILES string of the molecule is COc1ccc(Br)cc1[C@H]1C(C#N)=C(N)Oc2cc(C)n(CCN3CCOCC3)c(=O)c21. The Kier molecular flexibility index (Phi) is 6.55. The zero-order valence-corrected chi connectivity index (χ0v) is 19.6. The van der Waals surface area contributed by atoms with Crippen LogP contribution in [-0.2, 0) is 11.3 Å². The number of hydrogen-bond donors (Lipinski definition) is 1. The van der Waals surface area contributed by atoms with Crippen molar-refractivity contribution in [2.24, 2.45) is 5.73 Å². The van der Waals surface area contributed by atoms with Crippen LogP contribution < -0.4 is 20.8 Å². The minimum atomic E-state index is -0.695. The Morgan fingerprint density at radius 1 is 1.28 bits per heavy atom. The molecule has 0 bridgehead atoms. The second-order valence-corrected chi connectivity index (χ2v) is 8.70. The van der Waals surface area contributed by atoms with E-state index in [1.165, 1.54) is 0 Å². The van der Waals surface area contributed by atoms with Gasteiger partial charge in [-0.05, 0) is 25.1 Å². The van der Waals surface area contributed by atoms with Crippen LogP contribution in [0.4, 0.5) is 0 Å². The number of pyridine rings is 1. The molecule has 2 aliphatic heterocycles. The van der Waals surface area contributed by atoms with Crippen molar-refractivity contribution in [1.29, 1.82) is 5.26 Å². The maximum Gasteiger partial charge on any atom is 0.258 e. The number of nitrogens with two attached hydrogens (primary N) is 1. The van der Waals surface area contributed by atoms with E-state index in [-0.39, 0.29) is 17.0 Å². The second kappa shape index (κ2) is 9.36. The van der Waals surface area contributed by atoms with Crippen LogP contribution in [0.5, 0.6) is 11.5 Å². The first-order chi connectivity index (χ1) is 15.4. The van der Waals surface area contributed by atoms with E-state index < -0.39 is 5.92 Å². The molecular formula is C23H25BrN4O4. The van der Waals surface area contributed by atoms with Crippen LogP contribution in [0.15, 0.2) is 45.0 Å². The molecule has 3 heterocycles. The minimum Gasteiger partial charge on any atom is -0.496 e. The monoisotopic (exact) mass is 500 g/mol. The summed E-state index contributed by atoms with van der Waals surface area (Å²) in [6.07, 6.45) is 0. The number of rotatable bonds is 5. The van der Waals surface area contributed by atoms with E-state index in [1.54, 1.807) is 17.7 Å². The number of nitriles is 1. The molecule has 0 spiro atoms. The van der Waals surface area contributed by atoms with Crippen molar-refractivity contribution in [3.8, 4) is 17.6 Å². The largest absolute Gasteiger partial charge is 0.496 e. The first-order valence-corrected chi connectivity index (χ1v) is 11.2. The number of halogens is 1. The molecule has 1 aromatic heterocycles. The molecule has 0 saturated carbocycles. The molecule has 4 rings (SSSR count). The van der Waals surface area contributed by atoms with Gasteiger partial charge < -0.3 is 24.5 Å². The third-order valence-corrected chi connectivity index (χ3v) is 6.43. The van der Waals surface area contributed by atoms with Crippen molar-refractivity contribution in [3.05, 3.63) is 67.4 Å². The molecule has 1 atom stereocenters. The fourth-order valence-electron chi connectivity index (χ4n) is 4.27. The van der Waals surface area contributed by atoms with Gasteiger partial charge in [-0.15, -0.1) is 0 Å². The lowest BCUT2D eigenvalue weighted by atomic mass is 9.83. The van der Waals surface area contributed by atoms with Crippen molar-refractivity contribution < 1.29 is 14.2 Å². The van der Waals surface area contributed by atoms with Gasteiger partial charge in [-0.25, -0.2) is 0 Å². The average Bonchev–Trinajstić information content (AvgIpc) is 2.78. The average molecular weight is 501 g/mol. The number of allylic oxidation sites excluding steroid dienone is 1. The zero-order valence-electron chi connectivity index (χ0n) is 18.1. The number of nitrogens with zero attached hydrogens (tertiary/aromatic N) is 3. The Labute approximate surface area is 194 Å². The number of aryl methyl sites for hydroxylation is 1. The van der Waals surface area contributed by atoms with E-state index in [0.717, 1.165) is 29.8 Å². The Morgan fingerprint density at radius 3 is 2.72 bits per heavy atom. The molecule has 2 N–H and O–H groups in total. The molecule has 32 heavy (non-hydrogen) atoms. The van der Waals surface area contributed by atoms with Crippen molar-refractivity contribution in [2.45, 2.75) is 19.4 Å². The molecular weight excluding hydrogens is 476 g/mol. The normalized spacial score (nSPS) is 18.6. The highest BCUT2D eigenvalue weighted by molar-refractivity contribution is 9.10. The standard InChI is InChI=1S/C23H25BrN4O4/c1-14-11-19-21(23(29)28(14)6-5-27-7-9-31-10-8-27)20(17(13-25)22(26)32-19)16-12-15(24)3-4-18(16)30-2/h3-4,11-12,20H,5-10,26H2,1-2H3/t20-/m0/s1. The molecule has 9 heteroatoms. The Balaban J connectivity index is 1.83. The van der Waals surface area contributed by atoms with Crippen molar-refractivity contribution in [1.82, 2.24) is 9.47 Å². The maximum atomic E-state index is 13.8. The van der Waals surface area contributed by atoms with E-state index in [1.807, 2.05) is 25.1 Å². The van der Waals surface area contributed by atoms with Crippen molar-refractivity contribution >= 4 is 15.9 Å². The van der Waals surface area contributed by atoms with Crippen molar-refractivity contribution in [3.63, 3.8) is 0 Å². The van der Waals surface area contributed by atoms with Gasteiger partial charge in [-0.1, -0.05) is 15.9 Å². The lowest BCUT2D eigenvalue weighted by Crippen LogP contribution is -2.40. The van der Waals surface area contributed by atoms with E-state index >= 15 is 0 Å². The number of methoxy groups -OCH3 is 1. The lowest BCUT2D eigenvalue weighted by Gasteiger charge is -2.29. The summed E-state index contributed by atoms with van der Waals surface area (Å²) in [5, 5.41) is 9.89. The number of hydrogen-bond acceptors (Lipinski definition) is 7. The highest BCUT2D eigenvalue weighted by Crippen LogP contribution is 2.44. The maximum absolute atomic E-state index is 13.8. The molecule has 168 valence electrons. The third kappa shape index (κ3) is 4.13. The summed E-state index contributed by atoms with van der Waals surface area (Å²) < 4.78 is 19.3. The topological polar surface area (TPSA) is 103 Å². The molecule has 2 aromatic rings. The van der Waals surface area contributed by atoms with E-state index in [4.69, 9.17) is 19.9 Å². The Hall–Kier alpha value is -2.80. The van der Waals surface area contributed by atoms with E-state index in [2.05, 4.69) is 26.9 Å². The lowest BCUT2D eigenvalue weighted by molar-refractivity contribution is 0.0362. The Morgan fingerprint density at radius 2 is 2.03 bits per heavy atom. The van der Waals surface area contributed by atoms with Gasteiger partial charge in [-0.2, -0.15) is 5.26 Å². The van der Waals surface area contributed by atoms with E-state index in [9.17, 15) is 10.1 Å². The van der Waals surface area contributed by atoms with Crippen LogP contribution in [0.3, 0.4) is 0 Å². The fourth-order valence-corrected chi connectivity index (χ4v) is 4.65. The van der Waals surface area contributed by atoms with Crippen LogP contribution in [0.2, 0.25) is 0 Å². The number of benzene rings is 1. The van der Waals surface area contributed by atoms with Gasteiger partial charge >= 0.3 is 0 Å². The summed E-state index contributed by atoms with van der Waals surface area (Å²) >= 11 is 3.49. The zero-order chi connectivity index (χ0) is 22.8. The summed E-state index contributed by atoms with van der Waals surface area (Å²) in [6.45, 7) is 6.23. The molecule has 1 saturated heterocycles. The highest BCUT2D eigenvalue weighted by atomic mass is 79.9.